The van der Waals surface area contributed by atoms with Crippen molar-refractivity contribution in [2.75, 3.05) is 25.1 Å². The Labute approximate surface area is 101 Å². The molecule has 0 aromatic carbocycles. The van der Waals surface area contributed by atoms with Crippen molar-refractivity contribution < 1.29 is 0 Å². The molecule has 1 aromatic rings. The van der Waals surface area contributed by atoms with E-state index in [2.05, 4.69) is 28.4 Å². The molecule has 1 aliphatic heterocycles. The lowest BCUT2D eigenvalue weighted by atomic mass is 10.1. The van der Waals surface area contributed by atoms with Crippen LogP contribution >= 0.6 is 11.8 Å². The van der Waals surface area contributed by atoms with E-state index in [1.165, 1.54) is 5.75 Å². The van der Waals surface area contributed by atoms with E-state index in [0.717, 1.165) is 24.7 Å². The van der Waals surface area contributed by atoms with Crippen molar-refractivity contribution in [2.24, 2.45) is 5.73 Å². The molecule has 2 rings (SSSR count). The fraction of sp³-hybridized carbons (Fsp3) is 0.727. The van der Waals surface area contributed by atoms with E-state index in [1.807, 2.05) is 24.2 Å². The molecule has 2 atom stereocenters. The summed E-state index contributed by atoms with van der Waals surface area (Å²) in [5.41, 5.74) is 6.34. The van der Waals surface area contributed by atoms with Gasteiger partial charge in [-0.1, -0.05) is 0 Å². The number of hydrogen-bond donors (Lipinski definition) is 1. The average Bonchev–Trinajstić information content (AvgIpc) is 2.77. The van der Waals surface area contributed by atoms with Crippen molar-refractivity contribution in [1.29, 1.82) is 0 Å². The molecular formula is C11H20N4S. The Morgan fingerprint density at radius 1 is 1.69 bits per heavy atom. The predicted molar refractivity (Wildman–Crippen MR) is 68.6 cm³/mol. The fourth-order valence-electron chi connectivity index (χ4n) is 2.14. The van der Waals surface area contributed by atoms with Crippen molar-refractivity contribution in [1.82, 2.24) is 14.5 Å². The molecule has 0 aliphatic carbocycles. The maximum Gasteiger partial charge on any atom is 0.127 e. The van der Waals surface area contributed by atoms with Crippen molar-refractivity contribution in [3.8, 4) is 0 Å². The number of aryl methyl sites for hydroxylation is 1. The molecule has 0 spiro atoms. The highest BCUT2D eigenvalue weighted by molar-refractivity contribution is 7.99. The summed E-state index contributed by atoms with van der Waals surface area (Å²) in [4.78, 5) is 6.76. The summed E-state index contributed by atoms with van der Waals surface area (Å²) in [5, 5.41) is 0. The van der Waals surface area contributed by atoms with Crippen molar-refractivity contribution in [2.45, 2.75) is 25.6 Å². The second kappa shape index (κ2) is 5.21. The summed E-state index contributed by atoms with van der Waals surface area (Å²) in [6.07, 6.45) is 3.85. The van der Waals surface area contributed by atoms with Crippen LogP contribution in [-0.4, -0.2) is 45.6 Å². The maximum atomic E-state index is 6.34. The van der Waals surface area contributed by atoms with Crippen LogP contribution in [0.25, 0.3) is 0 Å². The number of aromatic nitrogens is 2. The van der Waals surface area contributed by atoms with Gasteiger partial charge in [0.05, 0.1) is 6.04 Å². The molecule has 0 bridgehead atoms. The molecular weight excluding hydrogens is 220 g/mol. The largest absolute Gasteiger partial charge is 0.334 e. The summed E-state index contributed by atoms with van der Waals surface area (Å²) in [7, 11) is 2.16. The number of nitrogens with two attached hydrogens (primary N) is 1. The Balaban J connectivity index is 2.14. The maximum absolute atomic E-state index is 6.34. The van der Waals surface area contributed by atoms with Gasteiger partial charge in [0.2, 0.25) is 0 Å². The van der Waals surface area contributed by atoms with Gasteiger partial charge in [0, 0.05) is 43.0 Å². The van der Waals surface area contributed by atoms with Crippen LogP contribution in [0, 0.1) is 0 Å². The molecule has 2 N–H and O–H groups in total. The van der Waals surface area contributed by atoms with E-state index in [1.54, 1.807) is 0 Å². The Morgan fingerprint density at radius 2 is 2.50 bits per heavy atom. The first kappa shape index (κ1) is 12.0. The van der Waals surface area contributed by atoms with Crippen LogP contribution in [0.3, 0.4) is 0 Å². The minimum atomic E-state index is 0.0211. The van der Waals surface area contributed by atoms with E-state index >= 15 is 0 Å². The SMILES string of the molecule is CCn1ccnc1C(N)C1CSCCN1C. The molecule has 5 heteroatoms. The minimum Gasteiger partial charge on any atom is -0.334 e. The molecule has 1 aliphatic rings. The van der Waals surface area contributed by atoms with Gasteiger partial charge in [-0.05, 0) is 14.0 Å². The quantitative estimate of drug-likeness (QED) is 0.854. The fourth-order valence-corrected chi connectivity index (χ4v) is 3.43. The lowest BCUT2D eigenvalue weighted by molar-refractivity contribution is 0.231. The third-order valence-corrected chi connectivity index (χ3v) is 4.29. The summed E-state index contributed by atoms with van der Waals surface area (Å²) >= 11 is 1.99. The van der Waals surface area contributed by atoms with Crippen molar-refractivity contribution in [3.05, 3.63) is 18.2 Å². The van der Waals surface area contributed by atoms with Gasteiger partial charge in [-0.2, -0.15) is 11.8 Å². The molecule has 90 valence electrons. The Kier molecular flexibility index (Phi) is 3.89. The highest BCUT2D eigenvalue weighted by Gasteiger charge is 2.28. The summed E-state index contributed by atoms with van der Waals surface area (Å²) in [6.45, 7) is 4.18. The number of nitrogens with zero attached hydrogens (tertiary/aromatic N) is 3. The summed E-state index contributed by atoms with van der Waals surface area (Å²) in [6, 6.07) is 0.430. The second-order valence-corrected chi connectivity index (χ2v) is 5.37. The Bertz CT molecular complexity index is 338. The van der Waals surface area contributed by atoms with Gasteiger partial charge >= 0.3 is 0 Å². The number of thioether (sulfide) groups is 1. The van der Waals surface area contributed by atoms with E-state index < -0.39 is 0 Å². The Hall–Kier alpha value is -0.520. The molecule has 1 fully saturated rings. The monoisotopic (exact) mass is 240 g/mol. The summed E-state index contributed by atoms with van der Waals surface area (Å²) < 4.78 is 2.14. The zero-order valence-electron chi connectivity index (χ0n) is 9.97. The number of likely N-dealkylation sites (N-methyl/N-ethyl adjacent to an activating group) is 1. The second-order valence-electron chi connectivity index (χ2n) is 4.22. The first-order chi connectivity index (χ1) is 7.74. The normalized spacial score (nSPS) is 24.6. The minimum absolute atomic E-state index is 0.0211. The molecule has 1 aromatic heterocycles. The standard InChI is InChI=1S/C11H20N4S/c1-3-15-5-4-13-11(15)10(12)9-8-16-7-6-14(9)2/h4-5,9-10H,3,6-8,12H2,1-2H3. The molecule has 16 heavy (non-hydrogen) atoms. The lowest BCUT2D eigenvalue weighted by Crippen LogP contribution is -2.46. The lowest BCUT2D eigenvalue weighted by Gasteiger charge is -2.35. The smallest absolute Gasteiger partial charge is 0.127 e. The molecule has 1 saturated heterocycles. The highest BCUT2D eigenvalue weighted by atomic mass is 32.2. The van der Waals surface area contributed by atoms with Crippen LogP contribution in [0.5, 0.6) is 0 Å². The predicted octanol–water partition coefficient (Wildman–Crippen LogP) is 0.950. The average molecular weight is 240 g/mol. The van der Waals surface area contributed by atoms with Gasteiger partial charge in [0.15, 0.2) is 0 Å². The first-order valence-electron chi connectivity index (χ1n) is 5.78. The van der Waals surface area contributed by atoms with E-state index in [-0.39, 0.29) is 6.04 Å². The molecule has 4 nitrogen and oxygen atoms in total. The molecule has 0 amide bonds. The van der Waals surface area contributed by atoms with Crippen molar-refractivity contribution in [3.63, 3.8) is 0 Å². The number of hydrogen-bond acceptors (Lipinski definition) is 4. The highest BCUT2D eigenvalue weighted by Crippen LogP contribution is 2.24. The van der Waals surface area contributed by atoms with Crippen LogP contribution in [-0.2, 0) is 6.54 Å². The van der Waals surface area contributed by atoms with E-state index in [0.29, 0.717) is 6.04 Å². The first-order valence-corrected chi connectivity index (χ1v) is 6.94. The van der Waals surface area contributed by atoms with Gasteiger partial charge in [-0.3, -0.25) is 4.90 Å². The van der Waals surface area contributed by atoms with Gasteiger partial charge in [-0.25, -0.2) is 4.98 Å². The molecule has 2 unspecified atom stereocenters. The van der Waals surface area contributed by atoms with Crippen LogP contribution in [0.1, 0.15) is 18.8 Å². The molecule has 2 heterocycles. The molecule has 0 saturated carbocycles. The number of imidazole rings is 1. The summed E-state index contributed by atoms with van der Waals surface area (Å²) in [5.74, 6) is 3.33. The van der Waals surface area contributed by atoms with Gasteiger partial charge in [-0.15, -0.1) is 0 Å². The third kappa shape index (κ3) is 2.26. The van der Waals surface area contributed by atoms with Crippen LogP contribution in [0.2, 0.25) is 0 Å². The van der Waals surface area contributed by atoms with Gasteiger partial charge in [0.25, 0.3) is 0 Å². The van der Waals surface area contributed by atoms with Gasteiger partial charge < -0.3 is 10.3 Å². The van der Waals surface area contributed by atoms with Crippen molar-refractivity contribution >= 4 is 11.8 Å². The number of rotatable bonds is 3. The zero-order chi connectivity index (χ0) is 11.5. The van der Waals surface area contributed by atoms with Crippen LogP contribution in [0.15, 0.2) is 12.4 Å². The van der Waals surface area contributed by atoms with Crippen LogP contribution in [0.4, 0.5) is 0 Å². The van der Waals surface area contributed by atoms with Gasteiger partial charge in [0.1, 0.15) is 5.82 Å². The van der Waals surface area contributed by atoms with E-state index in [9.17, 15) is 0 Å². The zero-order valence-corrected chi connectivity index (χ0v) is 10.8. The Morgan fingerprint density at radius 3 is 3.19 bits per heavy atom. The van der Waals surface area contributed by atoms with E-state index in [4.69, 9.17) is 5.73 Å². The van der Waals surface area contributed by atoms with Crippen LogP contribution < -0.4 is 5.73 Å². The topological polar surface area (TPSA) is 47.1 Å². The third-order valence-electron chi connectivity index (χ3n) is 3.24. The molecule has 0 radical (unpaired) electrons.